The van der Waals surface area contributed by atoms with E-state index >= 15 is 0 Å². The highest BCUT2D eigenvalue weighted by Crippen LogP contribution is 2.22. The van der Waals surface area contributed by atoms with Crippen molar-refractivity contribution in [2.24, 2.45) is 0 Å². The van der Waals surface area contributed by atoms with Crippen LogP contribution < -0.4 is 28.4 Å². The van der Waals surface area contributed by atoms with Crippen LogP contribution in [0.4, 0.5) is 0 Å². The summed E-state index contributed by atoms with van der Waals surface area (Å²) in [6, 6.07) is 59.6. The van der Waals surface area contributed by atoms with Crippen LogP contribution in [0.15, 0.2) is 170 Å². The Balaban J connectivity index is 0.000000554. The summed E-state index contributed by atoms with van der Waals surface area (Å²) < 4.78 is 33.2. The molecule has 0 fully saturated rings. The van der Waals surface area contributed by atoms with Gasteiger partial charge in [0.1, 0.15) is 34.5 Å². The molecule has 0 atom stereocenters. The molecule has 7 aromatic carbocycles. The van der Waals surface area contributed by atoms with Crippen molar-refractivity contribution in [3.05, 3.63) is 214 Å². The molecule has 0 saturated carbocycles. The second-order valence-electron chi connectivity index (χ2n) is 24.6. The van der Waals surface area contributed by atoms with Crippen molar-refractivity contribution in [1.29, 1.82) is 0 Å². The molecule has 0 unspecified atom stereocenters. The highest BCUT2D eigenvalue weighted by atomic mass is 16.5. The molecule has 0 aliphatic carbocycles. The van der Waals surface area contributed by atoms with Crippen LogP contribution >= 0.6 is 0 Å². The Kier molecular flexibility index (Phi) is 56.5. The second kappa shape index (κ2) is 62.2. The fourth-order valence-electron chi connectivity index (χ4n) is 9.79. The van der Waals surface area contributed by atoms with Gasteiger partial charge in [-0.2, -0.15) is 0 Å². The molecule has 0 spiro atoms. The quantitative estimate of drug-likeness (QED) is 0.0383. The van der Waals surface area contributed by atoms with E-state index in [2.05, 4.69) is 218 Å². The van der Waals surface area contributed by atoms with Crippen LogP contribution in [0, 0.1) is 0 Å². The predicted octanol–water partition coefficient (Wildman–Crippen LogP) is 26.1. The Morgan fingerprint density at radius 3 is 0.537 bits per heavy atom. The van der Waals surface area contributed by atoms with Crippen molar-refractivity contribution in [2.45, 2.75) is 270 Å². The van der Waals surface area contributed by atoms with Gasteiger partial charge in [-0.15, -0.1) is 0 Å². The Morgan fingerprint density at radius 1 is 0.168 bits per heavy atom. The summed E-state index contributed by atoms with van der Waals surface area (Å²) in [7, 11) is 0. The van der Waals surface area contributed by atoms with E-state index in [-0.39, 0.29) is 0 Å². The number of hydrogen-bond acceptors (Lipinski definition) is 6. The lowest BCUT2D eigenvalue weighted by molar-refractivity contribution is 0.301. The van der Waals surface area contributed by atoms with Crippen molar-refractivity contribution < 1.29 is 28.4 Å². The molecule has 0 amide bonds. The molecule has 6 heteroatoms. The van der Waals surface area contributed by atoms with Gasteiger partial charge in [0.15, 0.2) is 0 Å². The lowest BCUT2D eigenvalue weighted by atomic mass is 10.0. The summed E-state index contributed by atoms with van der Waals surface area (Å²) >= 11 is 0. The maximum atomic E-state index is 5.58. The molecule has 0 saturated heterocycles. The normalized spacial score (nSPS) is 10.1. The summed E-state index contributed by atoms with van der Waals surface area (Å²) in [5.74, 6) is 5.82. The third kappa shape index (κ3) is 47.0. The lowest BCUT2D eigenvalue weighted by Gasteiger charge is -2.07. The topological polar surface area (TPSA) is 55.4 Å². The van der Waals surface area contributed by atoms with Gasteiger partial charge in [0.2, 0.25) is 0 Å². The van der Waals surface area contributed by atoms with Gasteiger partial charge in [0.25, 0.3) is 0 Å². The van der Waals surface area contributed by atoms with Crippen LogP contribution in [-0.2, 0) is 51.4 Å². The van der Waals surface area contributed by atoms with Crippen molar-refractivity contribution in [1.82, 2.24) is 0 Å². The zero-order valence-corrected chi connectivity index (χ0v) is 62.9. The minimum absolute atomic E-state index is 0.761. The molecule has 7 aromatic rings. The van der Waals surface area contributed by atoms with E-state index in [9.17, 15) is 0 Å². The molecular formula is C89H136O6. The largest absolute Gasteiger partial charge is 0.494 e. The van der Waals surface area contributed by atoms with Gasteiger partial charge < -0.3 is 28.4 Å². The highest BCUT2D eigenvalue weighted by molar-refractivity contribution is 5.34. The first-order valence-corrected chi connectivity index (χ1v) is 37.9. The van der Waals surface area contributed by atoms with E-state index < -0.39 is 0 Å². The number of rotatable bonds is 39. The molecule has 6 nitrogen and oxygen atoms in total. The predicted molar refractivity (Wildman–Crippen MR) is 415 cm³/mol. The molecule has 0 heterocycles. The summed E-state index contributed by atoms with van der Waals surface area (Å²) in [5, 5.41) is 0. The van der Waals surface area contributed by atoms with Gasteiger partial charge in [0, 0.05) is 6.07 Å². The van der Waals surface area contributed by atoms with Gasteiger partial charge in [0.05, 0.1) is 39.6 Å². The monoisotopic (exact) mass is 1300 g/mol. The Labute approximate surface area is 584 Å². The Morgan fingerprint density at radius 2 is 0.337 bits per heavy atom. The number of hydrogen-bond donors (Lipinski definition) is 0. The number of unbranched alkanes of at least 4 members (excludes halogenated alkanes) is 5. The standard InChI is InChI=1S/C14H22.2C13H20O.C13H20.C12H18O2.2C12H18O/c1-3-5-8-13-10-7-11-14(12-13)9-6-4-2;2*1-3-5-7-12-8-6-9-13(11-12)14-10-4-2;1-3-5-8-13-10-6-9-12(11-13)7-4-2;1-3-8-13-11-6-5-7-12(10-11)14-9-4-2;2*1-3-6-11-7-5-8-12(10-11)13-9-4-2/h7,10-12H,3-6,8-9H2,1-2H3;2*6,8-9,11H,3-5,7,10H2,1-2H3;6,9-11H,3-5,7-8H2,1-2H3;5-7,10H,3-4,8-9H2,1-2H3;2*5,7-8,10H,3-4,6,9H2,1-2H3. The molecule has 0 bridgehead atoms. The first-order chi connectivity index (χ1) is 46.5. The average molecular weight is 1300 g/mol. The highest BCUT2D eigenvalue weighted by Gasteiger charge is 2.02. The van der Waals surface area contributed by atoms with E-state index in [1.165, 1.54) is 167 Å². The molecule has 0 aromatic heterocycles. The fourth-order valence-corrected chi connectivity index (χ4v) is 9.79. The minimum atomic E-state index is 0.761. The molecule has 7 rings (SSSR count). The van der Waals surface area contributed by atoms with Gasteiger partial charge in [-0.25, -0.2) is 0 Å². The third-order valence-electron chi connectivity index (χ3n) is 14.9. The maximum Gasteiger partial charge on any atom is 0.122 e. The van der Waals surface area contributed by atoms with Crippen molar-refractivity contribution in [2.75, 3.05) is 39.6 Å². The summed E-state index contributed by atoms with van der Waals surface area (Å²) in [5.41, 5.74) is 11.6. The van der Waals surface area contributed by atoms with Crippen LogP contribution in [0.5, 0.6) is 34.5 Å². The molecule has 528 valence electrons. The first-order valence-electron chi connectivity index (χ1n) is 37.9. The number of benzene rings is 7. The zero-order chi connectivity index (χ0) is 69.5. The SMILES string of the molecule is CCCCc1cccc(CCC)c1.CCCCc1cccc(CCCC)c1.CCCCc1cccc(OCCC)c1.CCCCc1cccc(OCCC)c1.CCCOc1cccc(CCC)c1.CCCOc1cccc(CCC)c1.CCCOc1cccc(OCCC)c1. The zero-order valence-electron chi connectivity index (χ0n) is 62.9. The third-order valence-corrected chi connectivity index (χ3v) is 14.9. The van der Waals surface area contributed by atoms with E-state index in [1.807, 2.05) is 48.5 Å². The second-order valence-corrected chi connectivity index (χ2v) is 24.6. The van der Waals surface area contributed by atoms with E-state index in [0.29, 0.717) is 0 Å². The van der Waals surface area contributed by atoms with Crippen molar-refractivity contribution in [3.8, 4) is 34.5 Å². The van der Waals surface area contributed by atoms with E-state index in [0.717, 1.165) is 126 Å². The van der Waals surface area contributed by atoms with E-state index in [4.69, 9.17) is 28.4 Å². The van der Waals surface area contributed by atoms with Crippen LogP contribution in [0.2, 0.25) is 0 Å². The Bertz CT molecular complexity index is 2380. The Hall–Kier alpha value is -6.66. The summed E-state index contributed by atoms with van der Waals surface area (Å²) in [4.78, 5) is 0. The molecular weight excluding hydrogens is 1160 g/mol. The average Bonchev–Trinajstić information content (AvgIpc) is 3.48. The number of ether oxygens (including phenoxy) is 6. The van der Waals surface area contributed by atoms with E-state index in [1.54, 1.807) is 0 Å². The van der Waals surface area contributed by atoms with Crippen molar-refractivity contribution in [3.63, 3.8) is 0 Å². The molecule has 0 N–H and O–H groups in total. The van der Waals surface area contributed by atoms with Gasteiger partial charge in [-0.1, -0.05) is 251 Å². The smallest absolute Gasteiger partial charge is 0.122 e. The maximum absolute atomic E-state index is 5.58. The molecule has 0 aliphatic rings. The van der Waals surface area contributed by atoms with Crippen LogP contribution in [0.3, 0.4) is 0 Å². The van der Waals surface area contributed by atoms with Crippen LogP contribution in [-0.4, -0.2) is 39.6 Å². The molecule has 0 radical (unpaired) electrons. The fraction of sp³-hybridized carbons (Fsp3) is 0.528. The van der Waals surface area contributed by atoms with Crippen molar-refractivity contribution >= 4 is 0 Å². The molecule has 0 aliphatic heterocycles. The van der Waals surface area contributed by atoms with Gasteiger partial charge in [-0.05, 0) is 227 Å². The summed E-state index contributed by atoms with van der Waals surface area (Å²) in [6.45, 7) is 35.3. The van der Waals surface area contributed by atoms with Crippen LogP contribution in [0.25, 0.3) is 0 Å². The first kappa shape index (κ1) is 86.4. The van der Waals surface area contributed by atoms with Gasteiger partial charge in [-0.3, -0.25) is 0 Å². The molecule has 95 heavy (non-hydrogen) atoms. The van der Waals surface area contributed by atoms with Gasteiger partial charge >= 0.3 is 0 Å². The minimum Gasteiger partial charge on any atom is -0.494 e. The summed E-state index contributed by atoms with van der Waals surface area (Å²) in [6.07, 6.45) is 32.4. The lowest BCUT2D eigenvalue weighted by Crippen LogP contribution is -1.97. The number of aryl methyl sites for hydroxylation is 8. The van der Waals surface area contributed by atoms with Crippen LogP contribution in [0.1, 0.15) is 263 Å².